The fourth-order valence-electron chi connectivity index (χ4n) is 1.39. The molecule has 1 amide bonds. The summed E-state index contributed by atoms with van der Waals surface area (Å²) in [5, 5.41) is 2.89. The molecule has 0 saturated heterocycles. The van der Waals surface area contributed by atoms with Crippen molar-refractivity contribution >= 4 is 23.4 Å². The third-order valence-electron chi connectivity index (χ3n) is 2.27. The van der Waals surface area contributed by atoms with Gasteiger partial charge in [-0.05, 0) is 24.6 Å². The van der Waals surface area contributed by atoms with E-state index >= 15 is 0 Å². The first-order chi connectivity index (χ1) is 8.31. The van der Waals surface area contributed by atoms with Gasteiger partial charge in [0, 0.05) is 4.75 Å². The number of amides is 1. The summed E-state index contributed by atoms with van der Waals surface area (Å²) >= 11 is 1.63. The number of methoxy groups -OCH3 is 1. The molecule has 0 aliphatic heterocycles. The quantitative estimate of drug-likeness (QED) is 0.907. The number of carbonyl (C=O) groups excluding carboxylic acids is 1. The highest BCUT2D eigenvalue weighted by Crippen LogP contribution is 2.27. The van der Waals surface area contributed by atoms with Crippen molar-refractivity contribution in [3.63, 3.8) is 0 Å². The van der Waals surface area contributed by atoms with E-state index < -0.39 is 0 Å². The molecule has 0 spiro atoms. The monoisotopic (exact) mass is 267 g/mol. The molecule has 0 bridgehead atoms. The number of benzene rings is 1. The fourth-order valence-corrected chi connectivity index (χ4v) is 2.02. The number of nitrogens with one attached hydrogen (secondary N) is 1. The van der Waals surface area contributed by atoms with E-state index in [1.807, 2.05) is 25.1 Å². The van der Waals surface area contributed by atoms with Gasteiger partial charge < -0.3 is 10.1 Å². The molecule has 0 atom stereocenters. The summed E-state index contributed by atoms with van der Waals surface area (Å²) in [5.41, 5.74) is 1.83. The summed E-state index contributed by atoms with van der Waals surface area (Å²) in [7, 11) is 1.60. The lowest BCUT2D eigenvalue weighted by molar-refractivity contribution is -0.113. The van der Waals surface area contributed by atoms with Crippen LogP contribution in [0.25, 0.3) is 0 Å². The molecule has 0 aliphatic carbocycles. The van der Waals surface area contributed by atoms with E-state index in [-0.39, 0.29) is 10.7 Å². The molecule has 0 aromatic heterocycles. The predicted molar refractivity (Wildman–Crippen MR) is 78.6 cm³/mol. The van der Waals surface area contributed by atoms with E-state index in [0.717, 1.165) is 11.3 Å². The van der Waals surface area contributed by atoms with Crippen LogP contribution >= 0.6 is 11.8 Å². The average Bonchev–Trinajstić information content (AvgIpc) is 2.26. The molecule has 0 heterocycles. The van der Waals surface area contributed by atoms with Crippen molar-refractivity contribution in [3.05, 3.63) is 23.8 Å². The van der Waals surface area contributed by atoms with Crippen LogP contribution in [0, 0.1) is 6.92 Å². The zero-order chi connectivity index (χ0) is 13.8. The van der Waals surface area contributed by atoms with Crippen molar-refractivity contribution in [2.24, 2.45) is 0 Å². The molecule has 1 N–H and O–H groups in total. The van der Waals surface area contributed by atoms with Crippen LogP contribution in [0.4, 0.5) is 5.69 Å². The van der Waals surface area contributed by atoms with Crippen LogP contribution in [0.1, 0.15) is 26.3 Å². The molecule has 1 aromatic carbocycles. The van der Waals surface area contributed by atoms with Crippen LogP contribution in [0.5, 0.6) is 5.75 Å². The van der Waals surface area contributed by atoms with Crippen LogP contribution in [0.2, 0.25) is 0 Å². The summed E-state index contributed by atoms with van der Waals surface area (Å²) < 4.78 is 5.32. The van der Waals surface area contributed by atoms with Gasteiger partial charge in [0.25, 0.3) is 0 Å². The smallest absolute Gasteiger partial charge is 0.234 e. The van der Waals surface area contributed by atoms with Gasteiger partial charge in [-0.1, -0.05) is 26.8 Å². The molecular formula is C14H21NO2S. The first-order valence-electron chi connectivity index (χ1n) is 5.90. The third-order valence-corrected chi connectivity index (χ3v) is 3.54. The second-order valence-corrected chi connectivity index (χ2v) is 6.96. The van der Waals surface area contributed by atoms with Crippen LogP contribution in [0.15, 0.2) is 18.2 Å². The van der Waals surface area contributed by atoms with E-state index in [9.17, 15) is 4.79 Å². The van der Waals surface area contributed by atoms with E-state index in [4.69, 9.17) is 4.74 Å². The molecule has 0 fully saturated rings. The second kappa shape index (κ2) is 6.14. The van der Waals surface area contributed by atoms with Crippen molar-refractivity contribution in [2.45, 2.75) is 32.4 Å². The molecule has 0 saturated carbocycles. The number of rotatable bonds is 4. The molecule has 0 unspecified atom stereocenters. The van der Waals surface area contributed by atoms with Crippen LogP contribution < -0.4 is 10.1 Å². The van der Waals surface area contributed by atoms with Crippen LogP contribution in [0.3, 0.4) is 0 Å². The Morgan fingerprint density at radius 1 is 1.39 bits per heavy atom. The van der Waals surface area contributed by atoms with Gasteiger partial charge in [-0.15, -0.1) is 11.8 Å². The molecular weight excluding hydrogens is 246 g/mol. The summed E-state index contributed by atoms with van der Waals surface area (Å²) in [5.74, 6) is 1.13. The second-order valence-electron chi connectivity index (χ2n) is 5.15. The Balaban J connectivity index is 2.66. The van der Waals surface area contributed by atoms with Gasteiger partial charge in [0.1, 0.15) is 5.75 Å². The highest BCUT2D eigenvalue weighted by atomic mass is 32.2. The standard InChI is InChI=1S/C14H21NO2S/c1-10-6-7-12(17-5)11(8-10)15-13(16)9-18-14(2,3)4/h6-8H,9H2,1-5H3,(H,15,16). The van der Waals surface area contributed by atoms with Crippen molar-refractivity contribution in [1.82, 2.24) is 0 Å². The molecule has 0 aliphatic rings. The zero-order valence-corrected chi connectivity index (χ0v) is 12.5. The van der Waals surface area contributed by atoms with E-state index in [1.54, 1.807) is 18.9 Å². The van der Waals surface area contributed by atoms with Gasteiger partial charge in [-0.25, -0.2) is 0 Å². The molecule has 0 radical (unpaired) electrons. The Labute approximate surface area is 113 Å². The zero-order valence-electron chi connectivity index (χ0n) is 11.7. The molecule has 18 heavy (non-hydrogen) atoms. The Bertz CT molecular complexity index is 424. The maximum absolute atomic E-state index is 11.9. The Morgan fingerprint density at radius 3 is 2.61 bits per heavy atom. The lowest BCUT2D eigenvalue weighted by Gasteiger charge is -2.17. The summed E-state index contributed by atoms with van der Waals surface area (Å²) in [6.07, 6.45) is 0. The van der Waals surface area contributed by atoms with Gasteiger partial charge in [0.2, 0.25) is 5.91 Å². The van der Waals surface area contributed by atoms with Crippen molar-refractivity contribution in [2.75, 3.05) is 18.2 Å². The van der Waals surface area contributed by atoms with Crippen LogP contribution in [-0.4, -0.2) is 23.5 Å². The minimum absolute atomic E-state index is 0.00109. The van der Waals surface area contributed by atoms with Gasteiger partial charge in [0.05, 0.1) is 18.6 Å². The number of carbonyl (C=O) groups is 1. The molecule has 1 rings (SSSR count). The molecule has 4 heteroatoms. The number of anilines is 1. The lowest BCUT2D eigenvalue weighted by atomic mass is 10.2. The van der Waals surface area contributed by atoms with E-state index in [0.29, 0.717) is 11.5 Å². The Morgan fingerprint density at radius 2 is 2.06 bits per heavy atom. The van der Waals surface area contributed by atoms with E-state index in [1.165, 1.54) is 0 Å². The normalized spacial score (nSPS) is 11.2. The van der Waals surface area contributed by atoms with Gasteiger partial charge in [0.15, 0.2) is 0 Å². The third kappa shape index (κ3) is 5.00. The average molecular weight is 267 g/mol. The molecule has 1 aromatic rings. The fraction of sp³-hybridized carbons (Fsp3) is 0.500. The molecule has 100 valence electrons. The van der Waals surface area contributed by atoms with Crippen LogP contribution in [-0.2, 0) is 4.79 Å². The highest BCUT2D eigenvalue weighted by Gasteiger charge is 2.14. The number of ether oxygens (including phenoxy) is 1. The predicted octanol–water partition coefficient (Wildman–Crippen LogP) is 3.47. The minimum atomic E-state index is -0.00109. The number of aryl methyl sites for hydroxylation is 1. The largest absolute Gasteiger partial charge is 0.495 e. The first-order valence-corrected chi connectivity index (χ1v) is 6.89. The first kappa shape index (κ1) is 14.9. The molecule has 3 nitrogen and oxygen atoms in total. The Hall–Kier alpha value is -1.16. The minimum Gasteiger partial charge on any atom is -0.495 e. The summed E-state index contributed by atoms with van der Waals surface area (Å²) in [6.45, 7) is 8.27. The van der Waals surface area contributed by atoms with Crippen molar-refractivity contribution in [1.29, 1.82) is 0 Å². The summed E-state index contributed by atoms with van der Waals surface area (Å²) in [4.78, 5) is 11.9. The maximum Gasteiger partial charge on any atom is 0.234 e. The van der Waals surface area contributed by atoms with Gasteiger partial charge in [-0.2, -0.15) is 0 Å². The van der Waals surface area contributed by atoms with E-state index in [2.05, 4.69) is 26.1 Å². The van der Waals surface area contributed by atoms with Gasteiger partial charge in [-0.3, -0.25) is 4.79 Å². The SMILES string of the molecule is COc1ccc(C)cc1NC(=O)CSC(C)(C)C. The number of hydrogen-bond donors (Lipinski definition) is 1. The topological polar surface area (TPSA) is 38.3 Å². The highest BCUT2D eigenvalue weighted by molar-refractivity contribution is 8.01. The van der Waals surface area contributed by atoms with Crippen molar-refractivity contribution < 1.29 is 9.53 Å². The summed E-state index contributed by atoms with van der Waals surface area (Å²) in [6, 6.07) is 5.73. The number of thioether (sulfide) groups is 1. The number of hydrogen-bond acceptors (Lipinski definition) is 3. The lowest BCUT2D eigenvalue weighted by Crippen LogP contribution is -2.19. The maximum atomic E-state index is 11.9. The van der Waals surface area contributed by atoms with Gasteiger partial charge >= 0.3 is 0 Å². The Kier molecular flexibility index (Phi) is 5.08. The van der Waals surface area contributed by atoms with Crippen molar-refractivity contribution in [3.8, 4) is 5.75 Å².